The van der Waals surface area contributed by atoms with Gasteiger partial charge >= 0.3 is 5.97 Å². The van der Waals surface area contributed by atoms with Crippen LogP contribution in [-0.2, 0) is 16.0 Å². The average Bonchev–Trinajstić information content (AvgIpc) is 3.31. The molecule has 1 aliphatic carbocycles. The van der Waals surface area contributed by atoms with E-state index in [9.17, 15) is 24.3 Å². The molecule has 196 valence electrons. The zero-order valence-electron chi connectivity index (χ0n) is 20.5. The Labute approximate surface area is 219 Å². The number of aromatic carboxylic acids is 1. The highest BCUT2D eigenvalue weighted by molar-refractivity contribution is 6.30. The third kappa shape index (κ3) is 6.37. The van der Waals surface area contributed by atoms with Gasteiger partial charge in [0.2, 0.25) is 11.8 Å². The average molecular weight is 529 g/mol. The summed E-state index contributed by atoms with van der Waals surface area (Å²) in [7, 11) is 1.35. The second-order valence-corrected chi connectivity index (χ2v) is 9.70. The zero-order chi connectivity index (χ0) is 26.5. The molecule has 2 fully saturated rings. The number of methoxy groups -OCH3 is 1. The highest BCUT2D eigenvalue weighted by Crippen LogP contribution is 2.29. The molecule has 0 radical (unpaired) electrons. The van der Waals surface area contributed by atoms with Gasteiger partial charge in [-0.25, -0.2) is 9.78 Å². The van der Waals surface area contributed by atoms with Crippen molar-refractivity contribution < 1.29 is 29.0 Å². The summed E-state index contributed by atoms with van der Waals surface area (Å²) in [5, 5.41) is 15.6. The van der Waals surface area contributed by atoms with Crippen molar-refractivity contribution in [2.75, 3.05) is 19.0 Å². The Morgan fingerprint density at radius 2 is 1.95 bits per heavy atom. The Morgan fingerprint density at radius 1 is 1.19 bits per heavy atom. The Balaban J connectivity index is 1.50. The number of carboxylic acid groups (broad SMARTS) is 1. The predicted molar refractivity (Wildman–Crippen MR) is 136 cm³/mol. The van der Waals surface area contributed by atoms with Gasteiger partial charge in [0.05, 0.1) is 24.1 Å². The molecule has 0 bridgehead atoms. The van der Waals surface area contributed by atoms with Crippen LogP contribution < -0.4 is 15.4 Å². The number of nitrogens with one attached hydrogen (secondary N) is 2. The highest BCUT2D eigenvalue weighted by Gasteiger charge is 2.32. The summed E-state index contributed by atoms with van der Waals surface area (Å²) >= 11 is 5.84. The van der Waals surface area contributed by atoms with Crippen LogP contribution in [0.5, 0.6) is 5.75 Å². The first kappa shape index (κ1) is 26.4. The molecule has 3 amide bonds. The van der Waals surface area contributed by atoms with Gasteiger partial charge in [-0.2, -0.15) is 0 Å². The van der Waals surface area contributed by atoms with Crippen molar-refractivity contribution in [1.82, 2.24) is 15.2 Å². The quantitative estimate of drug-likeness (QED) is 0.478. The summed E-state index contributed by atoms with van der Waals surface area (Å²) in [5.74, 6) is -1.54. The van der Waals surface area contributed by atoms with Crippen LogP contribution in [0.2, 0.25) is 5.02 Å². The summed E-state index contributed by atoms with van der Waals surface area (Å²) in [5.41, 5.74) is 0.211. The largest absolute Gasteiger partial charge is 0.496 e. The van der Waals surface area contributed by atoms with Crippen molar-refractivity contribution in [3.8, 4) is 5.75 Å². The fraction of sp³-hybridized carbons (Fsp3) is 0.423. The van der Waals surface area contributed by atoms with Crippen molar-refractivity contribution in [3.63, 3.8) is 0 Å². The smallest absolute Gasteiger partial charge is 0.335 e. The molecule has 11 heteroatoms. The van der Waals surface area contributed by atoms with Crippen molar-refractivity contribution >= 4 is 41.1 Å². The normalized spacial score (nSPS) is 19.4. The molecule has 2 aliphatic rings. The van der Waals surface area contributed by atoms with Gasteiger partial charge in [0, 0.05) is 42.4 Å². The lowest BCUT2D eigenvalue weighted by Crippen LogP contribution is -2.44. The van der Waals surface area contributed by atoms with E-state index in [1.54, 1.807) is 12.1 Å². The summed E-state index contributed by atoms with van der Waals surface area (Å²) in [4.78, 5) is 55.9. The second-order valence-electron chi connectivity index (χ2n) is 9.27. The Morgan fingerprint density at radius 3 is 2.54 bits per heavy atom. The van der Waals surface area contributed by atoms with Crippen LogP contribution in [0.25, 0.3) is 0 Å². The number of nitrogens with zero attached hydrogens (tertiary/aromatic N) is 2. The minimum absolute atomic E-state index is 0.0628. The van der Waals surface area contributed by atoms with Crippen molar-refractivity contribution in [2.45, 2.75) is 57.0 Å². The predicted octanol–water partition coefficient (Wildman–Crippen LogP) is 3.29. The molecule has 3 N–H and O–H groups in total. The van der Waals surface area contributed by atoms with Crippen LogP contribution in [0.4, 0.5) is 5.82 Å². The number of aromatic nitrogens is 1. The Bertz CT molecular complexity index is 1190. The molecule has 0 spiro atoms. The fourth-order valence-electron chi connectivity index (χ4n) is 4.98. The second kappa shape index (κ2) is 11.6. The van der Waals surface area contributed by atoms with E-state index in [1.807, 2.05) is 4.90 Å². The van der Waals surface area contributed by atoms with E-state index in [1.165, 1.54) is 25.4 Å². The summed E-state index contributed by atoms with van der Waals surface area (Å²) in [6, 6.07) is 5.75. The molecule has 1 aliphatic heterocycles. The molecule has 1 saturated carbocycles. The van der Waals surface area contributed by atoms with Crippen LogP contribution in [0.3, 0.4) is 0 Å². The maximum atomic E-state index is 13.4. The number of hydrogen-bond acceptors (Lipinski definition) is 6. The molecule has 0 unspecified atom stereocenters. The third-order valence-corrected chi connectivity index (χ3v) is 7.06. The van der Waals surface area contributed by atoms with Crippen LogP contribution in [0, 0.1) is 0 Å². The van der Waals surface area contributed by atoms with Crippen LogP contribution in [-0.4, -0.2) is 64.4 Å². The van der Waals surface area contributed by atoms with Crippen molar-refractivity contribution in [1.29, 1.82) is 0 Å². The molecule has 37 heavy (non-hydrogen) atoms. The molecule has 1 saturated heterocycles. The van der Waals surface area contributed by atoms with Gasteiger partial charge < -0.3 is 25.4 Å². The minimum Gasteiger partial charge on any atom is -0.496 e. The van der Waals surface area contributed by atoms with E-state index in [0.717, 1.165) is 25.8 Å². The minimum atomic E-state index is -1.22. The number of ether oxygens (including phenoxy) is 1. The van der Waals surface area contributed by atoms with E-state index in [-0.39, 0.29) is 52.7 Å². The Hall–Kier alpha value is -3.66. The van der Waals surface area contributed by atoms with Gasteiger partial charge in [-0.15, -0.1) is 0 Å². The summed E-state index contributed by atoms with van der Waals surface area (Å²) in [6.07, 6.45) is 5.64. The van der Waals surface area contributed by atoms with E-state index in [2.05, 4.69) is 15.6 Å². The molecule has 1 aromatic heterocycles. The van der Waals surface area contributed by atoms with Crippen LogP contribution in [0.1, 0.15) is 64.8 Å². The molecule has 1 aromatic carbocycles. The molecule has 2 heterocycles. The van der Waals surface area contributed by atoms with Gasteiger partial charge in [-0.3, -0.25) is 14.4 Å². The first-order chi connectivity index (χ1) is 17.7. The molecule has 4 rings (SSSR count). The number of carbonyl (C=O) groups excluding carboxylic acids is 3. The molecular weight excluding hydrogens is 500 g/mol. The lowest BCUT2D eigenvalue weighted by Gasteiger charge is -2.35. The number of benzene rings is 1. The van der Waals surface area contributed by atoms with Crippen molar-refractivity contribution in [3.05, 3.63) is 52.2 Å². The zero-order valence-corrected chi connectivity index (χ0v) is 21.2. The highest BCUT2D eigenvalue weighted by atomic mass is 35.5. The van der Waals surface area contributed by atoms with E-state index in [0.29, 0.717) is 24.3 Å². The topological polar surface area (TPSA) is 138 Å². The molecule has 10 nitrogen and oxygen atoms in total. The molecule has 0 atom stereocenters. The number of rotatable bonds is 8. The Kier molecular flexibility index (Phi) is 8.27. The first-order valence-corrected chi connectivity index (χ1v) is 12.6. The number of amides is 3. The molecular formula is C26H29ClN4O6. The standard InChI is InChI=1S/C26H29ClN4O6/c1-37-21-12-15(26(35)36)11-20(19(21)13-23(32)30-22-9-4-16(27)14-28-22)25(34)29-17-5-7-18(8-6-17)31-10-2-3-24(31)33/h4,9,11-12,14,17-18H,2-3,5-8,10,13H2,1H3,(H,29,34)(H,35,36)(H,28,30,32). The summed E-state index contributed by atoms with van der Waals surface area (Å²) in [6.45, 7) is 0.791. The number of hydrogen-bond donors (Lipinski definition) is 3. The van der Waals surface area contributed by atoms with Crippen LogP contribution >= 0.6 is 11.6 Å². The van der Waals surface area contributed by atoms with Gasteiger partial charge in [-0.1, -0.05) is 11.6 Å². The number of carboxylic acids is 1. The lowest BCUT2D eigenvalue weighted by atomic mass is 9.89. The number of halogens is 1. The fourth-order valence-corrected chi connectivity index (χ4v) is 5.10. The van der Waals surface area contributed by atoms with Gasteiger partial charge in [-0.05, 0) is 56.4 Å². The maximum absolute atomic E-state index is 13.4. The van der Waals surface area contributed by atoms with E-state index >= 15 is 0 Å². The number of anilines is 1. The van der Waals surface area contributed by atoms with Gasteiger partial charge in [0.15, 0.2) is 0 Å². The first-order valence-electron chi connectivity index (χ1n) is 12.2. The van der Waals surface area contributed by atoms with Gasteiger partial charge in [0.25, 0.3) is 5.91 Å². The lowest BCUT2D eigenvalue weighted by molar-refractivity contribution is -0.130. The summed E-state index contributed by atoms with van der Waals surface area (Å²) < 4.78 is 5.37. The number of pyridine rings is 1. The van der Waals surface area contributed by atoms with Crippen LogP contribution in [0.15, 0.2) is 30.5 Å². The van der Waals surface area contributed by atoms with E-state index < -0.39 is 17.8 Å². The van der Waals surface area contributed by atoms with Gasteiger partial charge in [0.1, 0.15) is 11.6 Å². The monoisotopic (exact) mass is 528 g/mol. The van der Waals surface area contributed by atoms with Crippen molar-refractivity contribution in [2.24, 2.45) is 0 Å². The molecule has 2 aromatic rings. The van der Waals surface area contributed by atoms with E-state index in [4.69, 9.17) is 16.3 Å². The number of likely N-dealkylation sites (tertiary alicyclic amines) is 1. The third-order valence-electron chi connectivity index (χ3n) is 6.84. The SMILES string of the molecule is COc1cc(C(=O)O)cc(C(=O)NC2CCC(N3CCCC3=O)CC2)c1CC(=O)Nc1ccc(Cl)cn1. The maximum Gasteiger partial charge on any atom is 0.335 e. The number of carbonyl (C=O) groups is 4.